The highest BCUT2D eigenvalue weighted by molar-refractivity contribution is 7.88. The van der Waals surface area contributed by atoms with Gasteiger partial charge in [-0.25, -0.2) is 32.2 Å². The Labute approximate surface area is 226 Å². The number of benzene rings is 1. The number of hydrogen-bond acceptors (Lipinski definition) is 8. The molecular weight excluding hydrogens is 528 g/mol. The van der Waals surface area contributed by atoms with E-state index in [0.717, 1.165) is 18.4 Å². The number of aliphatic hydroxyl groups is 1. The summed E-state index contributed by atoms with van der Waals surface area (Å²) in [5.74, 6) is 0.379. The molecule has 0 atom stereocenters. The summed E-state index contributed by atoms with van der Waals surface area (Å²) in [4.78, 5) is 12.5. The molecule has 0 radical (unpaired) electrons. The highest BCUT2D eigenvalue weighted by Crippen LogP contribution is 2.35. The van der Waals surface area contributed by atoms with Crippen LogP contribution in [0.4, 0.5) is 11.6 Å². The van der Waals surface area contributed by atoms with Crippen LogP contribution < -0.4 is 10.6 Å². The van der Waals surface area contributed by atoms with Gasteiger partial charge in [-0.2, -0.15) is 5.10 Å². The molecule has 0 amide bonds. The Morgan fingerprint density at radius 3 is 2.66 bits per heavy atom. The lowest BCUT2D eigenvalue weighted by Gasteiger charge is -2.30. The van der Waals surface area contributed by atoms with E-state index in [1.165, 1.54) is 16.8 Å². The first kappa shape index (κ1) is 26.5. The highest BCUT2D eigenvalue weighted by atomic mass is 35.5. The Morgan fingerprint density at radius 1 is 1.26 bits per heavy atom. The minimum absolute atomic E-state index is 0.0290. The molecule has 1 aliphatic carbocycles. The lowest BCUT2D eigenvalue weighted by Crippen LogP contribution is -2.42. The molecule has 1 aliphatic heterocycles. The number of nitrogens with one attached hydrogen (secondary N) is 2. The summed E-state index contributed by atoms with van der Waals surface area (Å²) in [5, 5.41) is 21.2. The number of rotatable bonds is 9. The molecule has 3 N–H and O–H groups in total. The predicted molar refractivity (Wildman–Crippen MR) is 145 cm³/mol. The maximum Gasteiger partial charge on any atom is 0.231 e. The van der Waals surface area contributed by atoms with Crippen molar-refractivity contribution in [3.05, 3.63) is 58.8 Å². The maximum absolute atomic E-state index is 11.8. The van der Waals surface area contributed by atoms with Crippen molar-refractivity contribution < 1.29 is 13.5 Å². The molecule has 3 aromatic rings. The van der Waals surface area contributed by atoms with Gasteiger partial charge in [0.05, 0.1) is 42.0 Å². The SMILES string of the molecule is [C-]#[N+]c1cnc(NC2CCN(S(C)(=O)=O)CC2)nc1-c1cnn(-c2ccc(CNC3(CO)CC3)cc2Cl)c1. The number of hydrogen-bond donors (Lipinski definition) is 3. The van der Waals surface area contributed by atoms with Gasteiger partial charge in [0.15, 0.2) is 0 Å². The van der Waals surface area contributed by atoms with Gasteiger partial charge in [0, 0.05) is 49.2 Å². The van der Waals surface area contributed by atoms with Crippen molar-refractivity contribution in [2.24, 2.45) is 0 Å². The van der Waals surface area contributed by atoms with E-state index in [-0.39, 0.29) is 18.2 Å². The number of anilines is 1. The second-order valence-electron chi connectivity index (χ2n) is 9.87. The zero-order chi connectivity index (χ0) is 26.9. The van der Waals surface area contributed by atoms with Gasteiger partial charge in [-0.3, -0.25) is 0 Å². The summed E-state index contributed by atoms with van der Waals surface area (Å²) >= 11 is 6.59. The summed E-state index contributed by atoms with van der Waals surface area (Å²) in [6, 6.07) is 5.77. The average molecular weight is 557 g/mol. The van der Waals surface area contributed by atoms with E-state index in [1.807, 2.05) is 18.2 Å². The fourth-order valence-electron chi connectivity index (χ4n) is 4.51. The van der Waals surface area contributed by atoms with E-state index in [2.05, 4.69) is 30.5 Å². The van der Waals surface area contributed by atoms with E-state index in [4.69, 9.17) is 18.2 Å². The van der Waals surface area contributed by atoms with Crippen LogP contribution in [0.1, 0.15) is 31.2 Å². The predicted octanol–water partition coefficient (Wildman–Crippen LogP) is 2.98. The molecule has 13 heteroatoms. The van der Waals surface area contributed by atoms with E-state index in [0.29, 0.717) is 66.1 Å². The molecule has 0 unspecified atom stereocenters. The molecule has 0 bridgehead atoms. The van der Waals surface area contributed by atoms with Gasteiger partial charge in [0.1, 0.15) is 0 Å². The Kier molecular flexibility index (Phi) is 7.39. The zero-order valence-electron chi connectivity index (χ0n) is 20.9. The van der Waals surface area contributed by atoms with E-state index < -0.39 is 10.0 Å². The number of sulfonamides is 1. The van der Waals surface area contributed by atoms with Crippen LogP contribution in [0.2, 0.25) is 5.02 Å². The molecule has 1 saturated heterocycles. The van der Waals surface area contributed by atoms with Crippen molar-refractivity contribution in [2.45, 2.75) is 43.8 Å². The first-order chi connectivity index (χ1) is 18.2. The first-order valence-corrected chi connectivity index (χ1v) is 14.6. The molecule has 1 saturated carbocycles. The van der Waals surface area contributed by atoms with Crippen molar-refractivity contribution in [2.75, 3.05) is 31.3 Å². The second kappa shape index (κ2) is 10.6. The molecule has 3 heterocycles. The molecule has 11 nitrogen and oxygen atoms in total. The van der Waals surface area contributed by atoms with Crippen LogP contribution in [-0.4, -0.2) is 75.1 Å². The monoisotopic (exact) mass is 556 g/mol. The molecule has 2 aromatic heterocycles. The number of aliphatic hydroxyl groups excluding tert-OH is 1. The van der Waals surface area contributed by atoms with Crippen molar-refractivity contribution >= 4 is 33.3 Å². The number of nitrogens with zero attached hydrogens (tertiary/aromatic N) is 6. The minimum atomic E-state index is -3.20. The van der Waals surface area contributed by atoms with Gasteiger partial charge in [-0.05, 0) is 43.4 Å². The van der Waals surface area contributed by atoms with Crippen LogP contribution in [0, 0.1) is 6.57 Å². The van der Waals surface area contributed by atoms with Crippen LogP contribution in [0.3, 0.4) is 0 Å². The van der Waals surface area contributed by atoms with Gasteiger partial charge < -0.3 is 15.7 Å². The number of halogens is 1. The van der Waals surface area contributed by atoms with Crippen molar-refractivity contribution in [3.63, 3.8) is 0 Å². The fraction of sp³-hybridized carbons (Fsp3) is 0.440. The summed E-state index contributed by atoms with van der Waals surface area (Å²) in [6.45, 7) is 9.18. The Balaban J connectivity index is 1.30. The molecule has 1 aromatic carbocycles. The molecule has 0 spiro atoms. The van der Waals surface area contributed by atoms with E-state index >= 15 is 0 Å². The van der Waals surface area contributed by atoms with Crippen LogP contribution in [0.25, 0.3) is 21.8 Å². The molecular formula is C25H29ClN8O3S. The lowest BCUT2D eigenvalue weighted by atomic mass is 10.1. The van der Waals surface area contributed by atoms with Gasteiger partial charge in [-0.15, -0.1) is 0 Å². The van der Waals surface area contributed by atoms with Gasteiger partial charge in [0.2, 0.25) is 21.7 Å². The summed E-state index contributed by atoms with van der Waals surface area (Å²) < 4.78 is 26.7. The minimum Gasteiger partial charge on any atom is -0.394 e. The molecule has 200 valence electrons. The first-order valence-electron chi connectivity index (χ1n) is 12.4. The third-order valence-corrected chi connectivity index (χ3v) is 8.69. The third-order valence-electron chi connectivity index (χ3n) is 7.08. The molecule has 2 fully saturated rings. The zero-order valence-corrected chi connectivity index (χ0v) is 22.5. The molecule has 2 aliphatic rings. The average Bonchev–Trinajstić information content (AvgIpc) is 3.53. The normalized spacial score (nSPS) is 17.7. The largest absolute Gasteiger partial charge is 0.394 e. The maximum atomic E-state index is 11.8. The van der Waals surface area contributed by atoms with Crippen molar-refractivity contribution in [1.29, 1.82) is 0 Å². The summed E-state index contributed by atoms with van der Waals surface area (Å²) in [7, 11) is -3.20. The van der Waals surface area contributed by atoms with Gasteiger partial charge in [-0.1, -0.05) is 17.7 Å². The van der Waals surface area contributed by atoms with Gasteiger partial charge >= 0.3 is 0 Å². The Hall–Kier alpha value is -3.08. The van der Waals surface area contributed by atoms with Crippen LogP contribution in [-0.2, 0) is 16.6 Å². The number of aromatic nitrogens is 4. The van der Waals surface area contributed by atoms with Crippen molar-refractivity contribution in [1.82, 2.24) is 29.4 Å². The number of piperidine rings is 1. The van der Waals surface area contributed by atoms with Crippen LogP contribution in [0.5, 0.6) is 0 Å². The fourth-order valence-corrected chi connectivity index (χ4v) is 5.67. The topological polar surface area (TPSA) is 130 Å². The highest BCUT2D eigenvalue weighted by Gasteiger charge is 2.41. The standard InChI is InChI=1S/C25H29ClN8O3S/c1-27-21-14-28-24(31-19-5-9-33(10-6-19)38(2,36)37)32-23(21)18-13-30-34(15-18)22-4-3-17(11-20(22)26)12-29-25(16-35)7-8-25/h3-4,11,13-15,19,29,35H,5-10,12,16H2,2H3,(H,28,31,32). The molecule has 38 heavy (non-hydrogen) atoms. The van der Waals surface area contributed by atoms with Crippen molar-refractivity contribution in [3.8, 4) is 16.9 Å². The summed E-state index contributed by atoms with van der Waals surface area (Å²) in [5.41, 5.74) is 2.95. The third kappa shape index (κ3) is 5.82. The Morgan fingerprint density at radius 2 is 2.03 bits per heavy atom. The van der Waals surface area contributed by atoms with Gasteiger partial charge in [0.25, 0.3) is 0 Å². The molecule has 5 rings (SSSR count). The van der Waals surface area contributed by atoms with Crippen LogP contribution >= 0.6 is 11.6 Å². The van der Waals surface area contributed by atoms with E-state index in [9.17, 15) is 13.5 Å². The Bertz CT molecular complexity index is 1470. The smallest absolute Gasteiger partial charge is 0.231 e. The van der Waals surface area contributed by atoms with Crippen LogP contribution in [0.15, 0.2) is 36.8 Å². The lowest BCUT2D eigenvalue weighted by molar-refractivity contribution is 0.229. The quantitative estimate of drug-likeness (QED) is 0.343. The summed E-state index contributed by atoms with van der Waals surface area (Å²) in [6.07, 6.45) is 9.33. The van der Waals surface area contributed by atoms with E-state index in [1.54, 1.807) is 17.1 Å². The second-order valence-corrected chi connectivity index (χ2v) is 12.3.